The van der Waals surface area contributed by atoms with Gasteiger partial charge in [0.1, 0.15) is 11.2 Å². The average molecular weight is 359 g/mol. The lowest BCUT2D eigenvalue weighted by atomic mass is 10.1. The van der Waals surface area contributed by atoms with E-state index in [-0.39, 0.29) is 23.3 Å². The first-order valence-corrected chi connectivity index (χ1v) is 7.59. The number of hydrogen-bond acceptors (Lipinski definition) is 2. The number of aromatic nitrogens is 1. The molecule has 24 heavy (non-hydrogen) atoms. The van der Waals surface area contributed by atoms with Crippen LogP contribution in [0.1, 0.15) is 18.1 Å². The van der Waals surface area contributed by atoms with Crippen LogP contribution in [0, 0.1) is 0 Å². The van der Waals surface area contributed by atoms with Crippen LogP contribution in [0.4, 0.5) is 24.7 Å². The van der Waals surface area contributed by atoms with Crippen LogP contribution in [-0.2, 0) is 17.4 Å². The molecular weight excluding hydrogens is 343 g/mol. The minimum Gasteiger partial charge on any atom is -0.322 e. The number of rotatable bonds is 5. The van der Waals surface area contributed by atoms with Gasteiger partial charge in [-0.05, 0) is 24.1 Å². The van der Waals surface area contributed by atoms with Crippen molar-refractivity contribution in [1.29, 1.82) is 0 Å². The van der Waals surface area contributed by atoms with Crippen LogP contribution >= 0.6 is 11.6 Å². The Morgan fingerprint density at radius 2 is 2.00 bits per heavy atom. The van der Waals surface area contributed by atoms with Gasteiger partial charge in [0.2, 0.25) is 0 Å². The molecule has 4 nitrogen and oxygen atoms in total. The topological polar surface area (TPSA) is 55.3 Å². The Kier molecular flexibility index (Phi) is 5.66. The second-order valence-electron chi connectivity index (χ2n) is 5.02. The molecule has 2 rings (SSSR count). The Labute approximate surface area is 142 Å². The van der Waals surface area contributed by atoms with Gasteiger partial charge in [-0.25, -0.2) is 4.98 Å². The fourth-order valence-corrected chi connectivity index (χ4v) is 2.32. The van der Waals surface area contributed by atoms with Crippen molar-refractivity contribution in [3.8, 4) is 0 Å². The van der Waals surface area contributed by atoms with Crippen molar-refractivity contribution in [3.63, 3.8) is 0 Å². The molecule has 1 amide bonds. The number of aryl methyl sites for hydroxylation is 1. The molecule has 0 fully saturated rings. The van der Waals surface area contributed by atoms with Gasteiger partial charge >= 0.3 is 6.18 Å². The highest BCUT2D eigenvalue weighted by atomic mass is 35.5. The number of nitrogens with one attached hydrogen (secondary N) is 3. The van der Waals surface area contributed by atoms with Crippen molar-refractivity contribution in [2.75, 3.05) is 17.2 Å². The third kappa shape index (κ3) is 4.61. The molecule has 0 aliphatic rings. The monoisotopic (exact) mass is 358 g/mol. The van der Waals surface area contributed by atoms with Crippen LogP contribution in [0.25, 0.3) is 0 Å². The number of alkyl halides is 3. The third-order valence-corrected chi connectivity index (χ3v) is 3.62. The standard InChI is InChI=1S/C16H15ClF3N3O/c1-2-10-5-3-4-6-13(10)23-14(24)9-22-15-12(17)7-11(8-21-15)16(18,19)20/h3-8H,2,9H2,1H3,(H,21,22)(H,23,24)/p+1. The second-order valence-corrected chi connectivity index (χ2v) is 5.43. The molecule has 2 aromatic rings. The maximum atomic E-state index is 12.6. The normalized spacial score (nSPS) is 11.2. The number of pyridine rings is 1. The number of aromatic amines is 1. The summed E-state index contributed by atoms with van der Waals surface area (Å²) in [5, 5.41) is 5.28. The highest BCUT2D eigenvalue weighted by Crippen LogP contribution is 2.31. The highest BCUT2D eigenvalue weighted by Gasteiger charge is 2.32. The summed E-state index contributed by atoms with van der Waals surface area (Å²) in [6, 6.07) is 8.18. The van der Waals surface area contributed by atoms with Crippen molar-refractivity contribution in [2.24, 2.45) is 0 Å². The van der Waals surface area contributed by atoms with E-state index in [9.17, 15) is 18.0 Å². The van der Waals surface area contributed by atoms with E-state index in [1.165, 1.54) is 0 Å². The van der Waals surface area contributed by atoms with Gasteiger partial charge in [-0.2, -0.15) is 13.2 Å². The molecule has 0 atom stereocenters. The molecular formula is C16H16ClF3N3O+. The number of anilines is 2. The van der Waals surface area contributed by atoms with Crippen molar-refractivity contribution in [1.82, 2.24) is 0 Å². The molecule has 0 aliphatic carbocycles. The average Bonchev–Trinajstić information content (AvgIpc) is 2.53. The maximum Gasteiger partial charge on any atom is 0.419 e. The van der Waals surface area contributed by atoms with Crippen LogP contribution in [0.5, 0.6) is 0 Å². The molecule has 1 heterocycles. The highest BCUT2D eigenvalue weighted by molar-refractivity contribution is 6.32. The number of hydrogen-bond donors (Lipinski definition) is 2. The molecule has 128 valence electrons. The minimum atomic E-state index is -4.49. The Bertz CT molecular complexity index is 735. The summed E-state index contributed by atoms with van der Waals surface area (Å²) in [5.74, 6) is -0.191. The van der Waals surface area contributed by atoms with E-state index in [0.717, 1.165) is 24.2 Å². The predicted octanol–water partition coefficient (Wildman–Crippen LogP) is 3.79. The summed E-state index contributed by atoms with van der Waals surface area (Å²) in [6.45, 7) is 1.83. The van der Waals surface area contributed by atoms with Crippen molar-refractivity contribution in [2.45, 2.75) is 19.5 Å². The van der Waals surface area contributed by atoms with Crippen LogP contribution < -0.4 is 15.6 Å². The number of carbonyl (C=O) groups excluding carboxylic acids is 1. The second kappa shape index (κ2) is 7.53. The maximum absolute atomic E-state index is 12.6. The van der Waals surface area contributed by atoms with E-state index in [1.807, 2.05) is 25.1 Å². The lowest BCUT2D eigenvalue weighted by Gasteiger charge is -2.09. The van der Waals surface area contributed by atoms with E-state index in [2.05, 4.69) is 15.6 Å². The van der Waals surface area contributed by atoms with E-state index in [0.29, 0.717) is 5.69 Å². The zero-order valence-corrected chi connectivity index (χ0v) is 13.6. The first kappa shape index (κ1) is 18.1. The van der Waals surface area contributed by atoms with E-state index in [1.54, 1.807) is 6.07 Å². The number of halogens is 4. The first-order valence-electron chi connectivity index (χ1n) is 7.21. The summed E-state index contributed by atoms with van der Waals surface area (Å²) < 4.78 is 37.7. The van der Waals surface area contributed by atoms with Crippen molar-refractivity contribution >= 4 is 29.0 Å². The van der Waals surface area contributed by atoms with E-state index in [4.69, 9.17) is 11.6 Å². The lowest BCUT2D eigenvalue weighted by Crippen LogP contribution is -2.26. The molecule has 0 bridgehead atoms. The van der Waals surface area contributed by atoms with E-state index < -0.39 is 11.7 Å². The Morgan fingerprint density at radius 3 is 2.62 bits per heavy atom. The Hall–Kier alpha value is -2.28. The number of carbonyl (C=O) groups is 1. The molecule has 0 radical (unpaired) electrons. The van der Waals surface area contributed by atoms with Gasteiger partial charge in [0.15, 0.2) is 6.54 Å². The molecule has 1 aromatic carbocycles. The van der Waals surface area contributed by atoms with Crippen LogP contribution in [0.15, 0.2) is 36.5 Å². The van der Waals surface area contributed by atoms with Gasteiger partial charge in [0, 0.05) is 5.69 Å². The van der Waals surface area contributed by atoms with Gasteiger partial charge in [0.05, 0.1) is 5.56 Å². The predicted molar refractivity (Wildman–Crippen MR) is 85.9 cm³/mol. The third-order valence-electron chi connectivity index (χ3n) is 3.32. The number of amides is 1. The minimum absolute atomic E-state index is 0.139. The van der Waals surface area contributed by atoms with Crippen molar-refractivity contribution in [3.05, 3.63) is 52.7 Å². The molecule has 8 heteroatoms. The molecule has 3 N–H and O–H groups in total. The fourth-order valence-electron chi connectivity index (χ4n) is 2.08. The number of H-pyrrole nitrogens is 1. The summed E-state index contributed by atoms with van der Waals surface area (Å²) in [4.78, 5) is 14.4. The number of para-hydroxylation sites is 1. The molecule has 0 aliphatic heterocycles. The SMILES string of the molecule is CCc1ccccc1NC(=O)CNc1[nH+]cc(C(F)(F)F)cc1Cl. The summed E-state index contributed by atoms with van der Waals surface area (Å²) in [7, 11) is 0. The van der Waals surface area contributed by atoms with Crippen molar-refractivity contribution < 1.29 is 22.9 Å². The Morgan fingerprint density at radius 1 is 1.29 bits per heavy atom. The molecule has 0 spiro atoms. The van der Waals surface area contributed by atoms with Gasteiger partial charge < -0.3 is 5.32 Å². The van der Waals surface area contributed by atoms with Gasteiger partial charge in [0.25, 0.3) is 11.7 Å². The fraction of sp³-hybridized carbons (Fsp3) is 0.250. The zero-order valence-electron chi connectivity index (χ0n) is 12.8. The first-order chi connectivity index (χ1) is 11.3. The lowest BCUT2D eigenvalue weighted by molar-refractivity contribution is -0.364. The smallest absolute Gasteiger partial charge is 0.322 e. The quantitative estimate of drug-likeness (QED) is 0.854. The molecule has 0 saturated heterocycles. The van der Waals surface area contributed by atoms with Crippen LogP contribution in [-0.4, -0.2) is 12.5 Å². The summed E-state index contributed by atoms with van der Waals surface area (Å²) in [6.07, 6.45) is -2.93. The zero-order chi connectivity index (χ0) is 17.7. The van der Waals surface area contributed by atoms with E-state index >= 15 is 0 Å². The molecule has 1 aromatic heterocycles. The summed E-state index contributed by atoms with van der Waals surface area (Å²) in [5.41, 5.74) is 0.804. The summed E-state index contributed by atoms with van der Waals surface area (Å²) >= 11 is 5.80. The van der Waals surface area contributed by atoms with Gasteiger partial charge in [-0.15, -0.1) is 0 Å². The van der Waals surface area contributed by atoms with Crippen LogP contribution in [0.2, 0.25) is 5.02 Å². The molecule has 0 saturated carbocycles. The Balaban J connectivity index is 1.99. The van der Waals surface area contributed by atoms with Gasteiger partial charge in [-0.1, -0.05) is 36.7 Å². The van der Waals surface area contributed by atoms with Gasteiger partial charge in [-0.3, -0.25) is 10.1 Å². The molecule has 0 unspecified atom stereocenters. The van der Waals surface area contributed by atoms with Crippen LogP contribution in [0.3, 0.4) is 0 Å². The number of benzene rings is 1. The largest absolute Gasteiger partial charge is 0.419 e.